The lowest BCUT2D eigenvalue weighted by molar-refractivity contribution is -0.114. The van der Waals surface area contributed by atoms with Gasteiger partial charge in [-0.1, -0.05) is 12.8 Å². The number of hydrogen-bond donors (Lipinski definition) is 3. The van der Waals surface area contributed by atoms with Gasteiger partial charge in [0.05, 0.1) is 0 Å². The minimum Gasteiger partial charge on any atom is -0.396 e. The van der Waals surface area contributed by atoms with Crippen molar-refractivity contribution >= 4 is 17.5 Å². The van der Waals surface area contributed by atoms with Crippen molar-refractivity contribution in [2.75, 3.05) is 11.9 Å². The molecule has 21 heavy (non-hydrogen) atoms. The van der Waals surface area contributed by atoms with E-state index in [-0.39, 0.29) is 30.4 Å². The second-order valence-electron chi connectivity index (χ2n) is 5.57. The molecule has 2 rings (SSSR count). The van der Waals surface area contributed by atoms with Crippen LogP contribution in [0.25, 0.3) is 0 Å². The van der Waals surface area contributed by atoms with Crippen LogP contribution in [0.2, 0.25) is 0 Å². The van der Waals surface area contributed by atoms with Crippen molar-refractivity contribution in [2.45, 2.75) is 38.6 Å². The summed E-state index contributed by atoms with van der Waals surface area (Å²) >= 11 is 0. The Kier molecular flexibility index (Phi) is 5.33. The van der Waals surface area contributed by atoms with Crippen molar-refractivity contribution < 1.29 is 14.7 Å². The summed E-state index contributed by atoms with van der Waals surface area (Å²) in [5, 5.41) is 15.0. The third-order valence-corrected chi connectivity index (χ3v) is 3.93. The van der Waals surface area contributed by atoms with Crippen LogP contribution in [-0.4, -0.2) is 29.6 Å². The number of aliphatic hydroxyl groups is 1. The fourth-order valence-electron chi connectivity index (χ4n) is 2.78. The second kappa shape index (κ2) is 7.22. The second-order valence-corrected chi connectivity index (χ2v) is 5.57. The molecule has 5 nitrogen and oxygen atoms in total. The van der Waals surface area contributed by atoms with Crippen LogP contribution >= 0.6 is 0 Å². The zero-order valence-electron chi connectivity index (χ0n) is 12.3. The van der Waals surface area contributed by atoms with Crippen molar-refractivity contribution in [3.05, 3.63) is 29.8 Å². The monoisotopic (exact) mass is 290 g/mol. The van der Waals surface area contributed by atoms with Crippen LogP contribution in [0, 0.1) is 5.92 Å². The summed E-state index contributed by atoms with van der Waals surface area (Å²) in [4.78, 5) is 23.2. The molecule has 1 aliphatic rings. The van der Waals surface area contributed by atoms with Crippen molar-refractivity contribution in [1.29, 1.82) is 0 Å². The van der Waals surface area contributed by atoms with E-state index in [9.17, 15) is 14.7 Å². The maximum atomic E-state index is 12.2. The lowest BCUT2D eigenvalue weighted by atomic mass is 9.85. The van der Waals surface area contributed by atoms with E-state index < -0.39 is 0 Å². The van der Waals surface area contributed by atoms with E-state index in [4.69, 9.17) is 0 Å². The SMILES string of the molecule is CC(=O)Nc1ccc(C(=O)NC2CCCCC2CO)cc1. The van der Waals surface area contributed by atoms with Gasteiger partial charge in [0, 0.05) is 36.7 Å². The molecule has 1 aliphatic carbocycles. The van der Waals surface area contributed by atoms with E-state index in [1.54, 1.807) is 24.3 Å². The van der Waals surface area contributed by atoms with Crippen LogP contribution in [-0.2, 0) is 4.79 Å². The zero-order valence-corrected chi connectivity index (χ0v) is 12.3. The first-order valence-electron chi connectivity index (χ1n) is 7.39. The number of carbonyl (C=O) groups excluding carboxylic acids is 2. The maximum Gasteiger partial charge on any atom is 0.251 e. The van der Waals surface area contributed by atoms with Crippen LogP contribution in [0.3, 0.4) is 0 Å². The van der Waals surface area contributed by atoms with E-state index >= 15 is 0 Å². The van der Waals surface area contributed by atoms with Crippen molar-refractivity contribution in [3.8, 4) is 0 Å². The van der Waals surface area contributed by atoms with Crippen LogP contribution in [0.1, 0.15) is 43.0 Å². The summed E-state index contributed by atoms with van der Waals surface area (Å²) in [6, 6.07) is 6.85. The fraction of sp³-hybridized carbons (Fsp3) is 0.500. The molecule has 0 bridgehead atoms. The fourth-order valence-corrected chi connectivity index (χ4v) is 2.78. The van der Waals surface area contributed by atoms with Crippen LogP contribution in [0.4, 0.5) is 5.69 Å². The first-order chi connectivity index (χ1) is 10.1. The largest absolute Gasteiger partial charge is 0.396 e. The third kappa shape index (κ3) is 4.29. The summed E-state index contributed by atoms with van der Waals surface area (Å²) in [7, 11) is 0. The summed E-state index contributed by atoms with van der Waals surface area (Å²) in [5.74, 6) is -0.115. The minimum absolute atomic E-state index is 0.0475. The van der Waals surface area contributed by atoms with Crippen molar-refractivity contribution in [1.82, 2.24) is 5.32 Å². The van der Waals surface area contributed by atoms with Crippen molar-refractivity contribution in [2.24, 2.45) is 5.92 Å². The smallest absolute Gasteiger partial charge is 0.251 e. The molecule has 1 aromatic carbocycles. The first kappa shape index (κ1) is 15.5. The first-order valence-corrected chi connectivity index (χ1v) is 7.39. The number of aliphatic hydroxyl groups excluding tert-OH is 1. The highest BCUT2D eigenvalue weighted by molar-refractivity contribution is 5.95. The molecule has 2 unspecified atom stereocenters. The van der Waals surface area contributed by atoms with Crippen molar-refractivity contribution in [3.63, 3.8) is 0 Å². The number of hydrogen-bond acceptors (Lipinski definition) is 3. The normalized spacial score (nSPS) is 21.6. The Hall–Kier alpha value is -1.88. The van der Waals surface area contributed by atoms with Gasteiger partial charge in [-0.05, 0) is 37.1 Å². The quantitative estimate of drug-likeness (QED) is 0.793. The molecule has 1 saturated carbocycles. The van der Waals surface area contributed by atoms with Gasteiger partial charge in [0.15, 0.2) is 0 Å². The molecule has 0 heterocycles. The topological polar surface area (TPSA) is 78.4 Å². The standard InChI is InChI=1S/C16H22N2O3/c1-11(20)17-14-8-6-12(7-9-14)16(21)18-15-5-3-2-4-13(15)10-19/h6-9,13,15,19H,2-5,10H2,1H3,(H,17,20)(H,18,21). The molecule has 0 spiro atoms. The molecular weight excluding hydrogens is 268 g/mol. The van der Waals surface area contributed by atoms with Gasteiger partial charge in [0.25, 0.3) is 5.91 Å². The van der Waals surface area contributed by atoms with E-state index in [1.165, 1.54) is 6.92 Å². The number of rotatable bonds is 4. The summed E-state index contributed by atoms with van der Waals surface area (Å²) < 4.78 is 0. The Morgan fingerprint density at radius 2 is 1.86 bits per heavy atom. The predicted molar refractivity (Wildman–Crippen MR) is 81.0 cm³/mol. The number of anilines is 1. The molecule has 2 amide bonds. The highest BCUT2D eigenvalue weighted by Gasteiger charge is 2.26. The van der Waals surface area contributed by atoms with Gasteiger partial charge >= 0.3 is 0 Å². The number of nitrogens with one attached hydrogen (secondary N) is 2. The van der Waals surface area contributed by atoms with E-state index in [0.717, 1.165) is 25.7 Å². The maximum absolute atomic E-state index is 12.2. The van der Waals surface area contributed by atoms with Gasteiger partial charge in [-0.3, -0.25) is 9.59 Å². The molecule has 0 saturated heterocycles. The Balaban J connectivity index is 1.97. The van der Waals surface area contributed by atoms with E-state index in [1.807, 2.05) is 0 Å². The summed E-state index contributed by atoms with van der Waals surface area (Å²) in [5.41, 5.74) is 1.23. The number of amides is 2. The Bertz CT molecular complexity index is 499. The van der Waals surface area contributed by atoms with E-state index in [2.05, 4.69) is 10.6 Å². The lowest BCUT2D eigenvalue weighted by Gasteiger charge is -2.30. The molecular formula is C16H22N2O3. The lowest BCUT2D eigenvalue weighted by Crippen LogP contribution is -2.43. The molecule has 1 fully saturated rings. The highest BCUT2D eigenvalue weighted by Crippen LogP contribution is 2.24. The Labute approximate surface area is 124 Å². The van der Waals surface area contributed by atoms with E-state index in [0.29, 0.717) is 11.3 Å². The van der Waals surface area contributed by atoms with Gasteiger partial charge < -0.3 is 15.7 Å². The molecule has 3 N–H and O–H groups in total. The van der Waals surface area contributed by atoms with Gasteiger partial charge in [0.2, 0.25) is 5.91 Å². The van der Waals surface area contributed by atoms with Gasteiger partial charge in [0.1, 0.15) is 0 Å². The van der Waals surface area contributed by atoms with Gasteiger partial charge in [-0.15, -0.1) is 0 Å². The zero-order chi connectivity index (χ0) is 15.2. The number of benzene rings is 1. The predicted octanol–water partition coefficient (Wildman–Crippen LogP) is 1.93. The van der Waals surface area contributed by atoms with Gasteiger partial charge in [-0.25, -0.2) is 0 Å². The average molecular weight is 290 g/mol. The van der Waals surface area contributed by atoms with Gasteiger partial charge in [-0.2, -0.15) is 0 Å². The molecule has 5 heteroatoms. The number of carbonyl (C=O) groups is 2. The van der Waals surface area contributed by atoms with Crippen LogP contribution < -0.4 is 10.6 Å². The third-order valence-electron chi connectivity index (χ3n) is 3.93. The minimum atomic E-state index is -0.139. The Morgan fingerprint density at radius 3 is 2.48 bits per heavy atom. The summed E-state index contributed by atoms with van der Waals surface area (Å²) in [6.07, 6.45) is 4.08. The Morgan fingerprint density at radius 1 is 1.19 bits per heavy atom. The molecule has 114 valence electrons. The van der Waals surface area contributed by atoms with Crippen LogP contribution in [0.15, 0.2) is 24.3 Å². The highest BCUT2D eigenvalue weighted by atomic mass is 16.3. The molecule has 2 atom stereocenters. The molecule has 0 aliphatic heterocycles. The molecule has 0 aromatic heterocycles. The molecule has 1 aromatic rings. The summed E-state index contributed by atoms with van der Waals surface area (Å²) in [6.45, 7) is 1.56. The van der Waals surface area contributed by atoms with Crippen LogP contribution in [0.5, 0.6) is 0 Å². The molecule has 0 radical (unpaired) electrons. The average Bonchev–Trinajstić information content (AvgIpc) is 2.48.